The van der Waals surface area contributed by atoms with Gasteiger partial charge in [-0.2, -0.15) is 0 Å². The molecular weight excluding hydrogens is 300 g/mol. The van der Waals surface area contributed by atoms with Crippen molar-refractivity contribution in [2.24, 2.45) is 5.41 Å². The highest BCUT2D eigenvalue weighted by molar-refractivity contribution is 9.10. The summed E-state index contributed by atoms with van der Waals surface area (Å²) < 4.78 is 1.04. The first-order valence-electron chi connectivity index (χ1n) is 6.82. The molecule has 0 spiro atoms. The predicted molar refractivity (Wildman–Crippen MR) is 87.7 cm³/mol. The largest absolute Gasteiger partial charge is 0.300 e. The van der Waals surface area contributed by atoms with E-state index in [1.807, 2.05) is 13.0 Å². The minimum atomic E-state index is 0.202. The van der Waals surface area contributed by atoms with Crippen molar-refractivity contribution in [2.75, 3.05) is 0 Å². The topological polar surface area (TPSA) is 17.1 Å². The van der Waals surface area contributed by atoms with E-state index in [1.165, 1.54) is 17.5 Å². The minimum Gasteiger partial charge on any atom is -0.300 e. The number of carbonyl (C=O) groups is 1. The van der Waals surface area contributed by atoms with E-state index >= 15 is 0 Å². The predicted octanol–water partition coefficient (Wildman–Crippen LogP) is 5.64. The Morgan fingerprint density at radius 1 is 1.21 bits per heavy atom. The minimum absolute atomic E-state index is 0.202. The number of carbonyl (C=O) groups excluding carboxylic acids is 1. The molecule has 0 heterocycles. The van der Waals surface area contributed by atoms with Gasteiger partial charge in [0, 0.05) is 10.9 Å². The number of benzene rings is 1. The molecule has 0 fully saturated rings. The maximum Gasteiger partial charge on any atom is 0.134 e. The van der Waals surface area contributed by atoms with Crippen LogP contribution in [-0.4, -0.2) is 5.78 Å². The Morgan fingerprint density at radius 2 is 1.68 bits per heavy atom. The second-order valence-electron chi connectivity index (χ2n) is 6.34. The molecule has 1 nitrogen and oxygen atoms in total. The molecule has 0 aliphatic heterocycles. The summed E-state index contributed by atoms with van der Waals surface area (Å²) in [6, 6.07) is 4.15. The van der Waals surface area contributed by atoms with E-state index in [2.05, 4.69) is 56.6 Å². The summed E-state index contributed by atoms with van der Waals surface area (Å²) in [5.41, 5.74) is 4.05. The molecule has 108 valence electrons. The monoisotopic (exact) mass is 326 g/mol. The molecule has 0 aliphatic rings. The molecule has 1 aromatic rings. The molecule has 0 saturated carbocycles. The van der Waals surface area contributed by atoms with Gasteiger partial charge >= 0.3 is 0 Å². The van der Waals surface area contributed by atoms with Gasteiger partial charge in [-0.15, -0.1) is 0 Å². The van der Waals surface area contributed by atoms with E-state index < -0.39 is 0 Å². The first-order chi connectivity index (χ1) is 8.56. The van der Waals surface area contributed by atoms with Crippen molar-refractivity contribution in [3.05, 3.63) is 33.3 Å². The van der Waals surface area contributed by atoms with Crippen LogP contribution in [0.25, 0.3) is 0 Å². The SMILES string of the molecule is CC(=O)Cc1c(C)cc(C)cc1Br.CCC(C)(C)C. The van der Waals surface area contributed by atoms with Crippen LogP contribution in [0.3, 0.4) is 0 Å². The molecule has 0 bridgehead atoms. The maximum atomic E-state index is 11.0. The Balaban J connectivity index is 0.000000459. The van der Waals surface area contributed by atoms with Crippen molar-refractivity contribution in [2.45, 2.75) is 61.3 Å². The van der Waals surface area contributed by atoms with Gasteiger partial charge < -0.3 is 0 Å². The van der Waals surface area contributed by atoms with Crippen LogP contribution in [0.5, 0.6) is 0 Å². The van der Waals surface area contributed by atoms with Crippen molar-refractivity contribution in [1.82, 2.24) is 0 Å². The van der Waals surface area contributed by atoms with Crippen LogP contribution in [-0.2, 0) is 11.2 Å². The summed E-state index contributed by atoms with van der Waals surface area (Å²) in [5, 5.41) is 0. The fourth-order valence-electron chi connectivity index (χ4n) is 1.42. The third-order valence-electron chi connectivity index (χ3n) is 3.05. The van der Waals surface area contributed by atoms with Gasteiger partial charge in [0.15, 0.2) is 0 Å². The van der Waals surface area contributed by atoms with Gasteiger partial charge in [0.1, 0.15) is 5.78 Å². The van der Waals surface area contributed by atoms with Gasteiger partial charge in [0.05, 0.1) is 0 Å². The highest BCUT2D eigenvalue weighted by Gasteiger charge is 2.06. The number of hydrogen-bond acceptors (Lipinski definition) is 1. The lowest BCUT2D eigenvalue weighted by molar-refractivity contribution is -0.116. The molecule has 0 N–H and O–H groups in total. The lowest BCUT2D eigenvalue weighted by Gasteiger charge is -2.12. The standard InChI is InChI=1S/C11H13BrO.C6H14/c1-7-4-8(2)10(6-9(3)13)11(12)5-7;1-5-6(2,3)4/h4-5H,6H2,1-3H3;5H2,1-4H3. The average molecular weight is 327 g/mol. The van der Waals surface area contributed by atoms with Gasteiger partial charge in [0.2, 0.25) is 0 Å². The number of halogens is 1. The fraction of sp³-hybridized carbons (Fsp3) is 0.588. The van der Waals surface area contributed by atoms with E-state index in [9.17, 15) is 4.79 Å². The molecule has 0 aromatic heterocycles. The molecule has 2 heteroatoms. The maximum absolute atomic E-state index is 11.0. The lowest BCUT2D eigenvalue weighted by atomic mass is 9.94. The smallest absolute Gasteiger partial charge is 0.134 e. The summed E-state index contributed by atoms with van der Waals surface area (Å²) in [6.07, 6.45) is 1.79. The zero-order valence-electron chi connectivity index (χ0n) is 13.4. The third kappa shape index (κ3) is 8.20. The quantitative estimate of drug-likeness (QED) is 0.687. The van der Waals surface area contributed by atoms with Gasteiger partial charge in [-0.3, -0.25) is 4.79 Å². The zero-order valence-corrected chi connectivity index (χ0v) is 14.9. The van der Waals surface area contributed by atoms with E-state index in [-0.39, 0.29) is 5.78 Å². The first-order valence-corrected chi connectivity index (χ1v) is 7.61. The highest BCUT2D eigenvalue weighted by Crippen LogP contribution is 2.23. The molecular formula is C17H27BrO. The summed E-state index contributed by atoms with van der Waals surface area (Å²) >= 11 is 3.47. The lowest BCUT2D eigenvalue weighted by Crippen LogP contribution is -2.00. The van der Waals surface area contributed by atoms with Crippen molar-refractivity contribution >= 4 is 21.7 Å². The number of ketones is 1. The second-order valence-corrected chi connectivity index (χ2v) is 7.19. The molecule has 1 aromatic carbocycles. The van der Waals surface area contributed by atoms with Gasteiger partial charge in [-0.05, 0) is 48.9 Å². The molecule has 0 atom stereocenters. The summed E-state index contributed by atoms with van der Waals surface area (Å²) in [5.74, 6) is 0.202. The normalized spacial score (nSPS) is 10.7. The molecule has 0 radical (unpaired) electrons. The van der Waals surface area contributed by atoms with Gasteiger partial charge in [-0.1, -0.05) is 56.1 Å². The Morgan fingerprint density at radius 3 is 2.00 bits per heavy atom. The van der Waals surface area contributed by atoms with E-state index in [4.69, 9.17) is 0 Å². The van der Waals surface area contributed by atoms with E-state index in [0.29, 0.717) is 11.8 Å². The third-order valence-corrected chi connectivity index (χ3v) is 3.76. The molecule has 0 saturated heterocycles. The number of aryl methyl sites for hydroxylation is 2. The van der Waals surface area contributed by atoms with Crippen LogP contribution in [0, 0.1) is 19.3 Å². The van der Waals surface area contributed by atoms with Crippen LogP contribution in [0.15, 0.2) is 16.6 Å². The Bertz CT molecular complexity index is 404. The van der Waals surface area contributed by atoms with Crippen molar-refractivity contribution in [3.8, 4) is 0 Å². The summed E-state index contributed by atoms with van der Waals surface area (Å²) in [6.45, 7) is 14.6. The number of hydrogen-bond donors (Lipinski definition) is 0. The molecule has 0 aliphatic carbocycles. The molecule has 19 heavy (non-hydrogen) atoms. The zero-order chi connectivity index (χ0) is 15.2. The summed E-state index contributed by atoms with van der Waals surface area (Å²) in [7, 11) is 0. The van der Waals surface area contributed by atoms with Crippen LogP contribution >= 0.6 is 15.9 Å². The Labute approximate surface area is 126 Å². The first kappa shape index (κ1) is 18.4. The highest BCUT2D eigenvalue weighted by atomic mass is 79.9. The van der Waals surface area contributed by atoms with Crippen LogP contribution in [0.2, 0.25) is 0 Å². The van der Waals surface area contributed by atoms with Crippen molar-refractivity contribution in [3.63, 3.8) is 0 Å². The molecule has 1 rings (SSSR count). The van der Waals surface area contributed by atoms with Gasteiger partial charge in [-0.25, -0.2) is 0 Å². The van der Waals surface area contributed by atoms with E-state index in [1.54, 1.807) is 6.92 Å². The Kier molecular flexibility index (Phi) is 7.58. The average Bonchev–Trinajstić information content (AvgIpc) is 2.23. The molecule has 0 unspecified atom stereocenters. The van der Waals surface area contributed by atoms with Gasteiger partial charge in [0.25, 0.3) is 0 Å². The second kappa shape index (κ2) is 7.84. The number of rotatable bonds is 2. The molecule has 0 amide bonds. The Hall–Kier alpha value is -0.630. The number of Topliss-reactive ketones (excluding diaryl/α,β-unsaturated/α-hetero) is 1. The van der Waals surface area contributed by atoms with Crippen molar-refractivity contribution in [1.29, 1.82) is 0 Å². The van der Waals surface area contributed by atoms with Crippen LogP contribution in [0.1, 0.15) is 57.7 Å². The summed E-state index contributed by atoms with van der Waals surface area (Å²) in [4.78, 5) is 11.0. The van der Waals surface area contributed by atoms with Crippen LogP contribution in [0.4, 0.5) is 0 Å². The van der Waals surface area contributed by atoms with Crippen molar-refractivity contribution < 1.29 is 4.79 Å². The van der Waals surface area contributed by atoms with Crippen LogP contribution < -0.4 is 0 Å². The van der Waals surface area contributed by atoms with E-state index in [0.717, 1.165) is 10.0 Å². The fourth-order valence-corrected chi connectivity index (χ4v) is 2.23.